The van der Waals surface area contributed by atoms with Crippen molar-refractivity contribution >= 4 is 17.4 Å². The van der Waals surface area contributed by atoms with Gasteiger partial charge in [-0.05, 0) is 12.1 Å². The number of methoxy groups -OCH3 is 1. The van der Waals surface area contributed by atoms with Gasteiger partial charge in [0.2, 0.25) is 0 Å². The Hall–Kier alpha value is -1.81. The summed E-state index contributed by atoms with van der Waals surface area (Å²) in [5.74, 6) is 0.952. The van der Waals surface area contributed by atoms with Gasteiger partial charge in [0.25, 0.3) is 0 Å². The summed E-state index contributed by atoms with van der Waals surface area (Å²) in [4.78, 5) is 8.14. The lowest BCUT2D eigenvalue weighted by Gasteiger charge is -2.10. The molecule has 1 aromatic carbocycles. The first-order valence-electron chi connectivity index (χ1n) is 4.63. The van der Waals surface area contributed by atoms with E-state index in [0.717, 1.165) is 0 Å². The summed E-state index contributed by atoms with van der Waals surface area (Å²) in [6, 6.07) is 5.36. The first-order chi connectivity index (χ1) is 7.74. The highest BCUT2D eigenvalue weighted by Crippen LogP contribution is 2.36. The van der Waals surface area contributed by atoms with Crippen LogP contribution in [0.2, 0.25) is 5.02 Å². The summed E-state index contributed by atoms with van der Waals surface area (Å²) in [5, 5.41) is 0.534. The molecule has 4 nitrogen and oxygen atoms in total. The second kappa shape index (κ2) is 4.37. The van der Waals surface area contributed by atoms with Gasteiger partial charge in [-0.25, -0.2) is 4.98 Å². The Morgan fingerprint density at radius 1 is 1.25 bits per heavy atom. The first-order valence-corrected chi connectivity index (χ1v) is 5.01. The van der Waals surface area contributed by atoms with Gasteiger partial charge in [-0.2, -0.15) is 0 Å². The Morgan fingerprint density at radius 3 is 2.69 bits per heavy atom. The lowest BCUT2D eigenvalue weighted by Crippen LogP contribution is -1.98. The van der Waals surface area contributed by atoms with E-state index in [-0.39, 0.29) is 0 Å². The Kier molecular flexibility index (Phi) is 2.92. The average Bonchev–Trinajstić information content (AvgIpc) is 2.30. The van der Waals surface area contributed by atoms with Crippen LogP contribution in [0.4, 0.5) is 5.82 Å². The van der Waals surface area contributed by atoms with Gasteiger partial charge in [-0.3, -0.25) is 4.98 Å². The minimum absolute atomic E-state index is 0.328. The lowest BCUT2D eigenvalue weighted by atomic mass is 10.1. The topological polar surface area (TPSA) is 61.0 Å². The summed E-state index contributed by atoms with van der Waals surface area (Å²) in [7, 11) is 1.57. The fraction of sp³-hybridized carbons (Fsp3) is 0.0909. The quantitative estimate of drug-likeness (QED) is 0.868. The van der Waals surface area contributed by atoms with Crippen LogP contribution in [-0.4, -0.2) is 17.1 Å². The molecule has 0 saturated heterocycles. The third-order valence-electron chi connectivity index (χ3n) is 2.16. The summed E-state index contributed by atoms with van der Waals surface area (Å²) in [6.07, 6.45) is 3.09. The molecule has 0 fully saturated rings. The van der Waals surface area contributed by atoms with Gasteiger partial charge in [-0.15, -0.1) is 0 Å². The van der Waals surface area contributed by atoms with Gasteiger partial charge in [0.15, 0.2) is 0 Å². The molecule has 0 amide bonds. The molecule has 16 heavy (non-hydrogen) atoms. The highest BCUT2D eigenvalue weighted by molar-refractivity contribution is 6.33. The van der Waals surface area contributed by atoms with E-state index in [1.807, 2.05) is 0 Å². The molecule has 2 rings (SSSR count). The Balaban J connectivity index is 2.68. The molecule has 1 aromatic heterocycles. The van der Waals surface area contributed by atoms with Crippen molar-refractivity contribution in [3.05, 3.63) is 35.6 Å². The van der Waals surface area contributed by atoms with E-state index in [4.69, 9.17) is 22.1 Å². The van der Waals surface area contributed by atoms with E-state index in [1.165, 1.54) is 6.20 Å². The zero-order chi connectivity index (χ0) is 11.5. The highest BCUT2D eigenvalue weighted by Gasteiger charge is 2.14. The molecule has 1 heterocycles. The van der Waals surface area contributed by atoms with E-state index in [9.17, 15) is 0 Å². The number of nitrogens with two attached hydrogens (primary N) is 1. The van der Waals surface area contributed by atoms with Gasteiger partial charge in [0, 0.05) is 12.4 Å². The molecule has 82 valence electrons. The fourth-order valence-corrected chi connectivity index (χ4v) is 1.70. The number of hydrogen-bond acceptors (Lipinski definition) is 4. The number of hydrogen-bond donors (Lipinski definition) is 1. The van der Waals surface area contributed by atoms with E-state index >= 15 is 0 Å². The van der Waals surface area contributed by atoms with Crippen LogP contribution < -0.4 is 10.5 Å². The maximum Gasteiger partial charge on any atom is 0.150 e. The zero-order valence-corrected chi connectivity index (χ0v) is 9.40. The van der Waals surface area contributed by atoms with Gasteiger partial charge < -0.3 is 10.5 Å². The van der Waals surface area contributed by atoms with Crippen LogP contribution in [0.3, 0.4) is 0 Å². The Labute approximate surface area is 98.0 Å². The molecule has 2 aromatic rings. The average molecular weight is 236 g/mol. The minimum Gasteiger partial charge on any atom is -0.496 e. The van der Waals surface area contributed by atoms with E-state index in [0.29, 0.717) is 27.8 Å². The molecule has 0 atom stereocenters. The predicted molar refractivity (Wildman–Crippen MR) is 63.4 cm³/mol. The summed E-state index contributed by atoms with van der Waals surface area (Å²) in [5.41, 5.74) is 6.95. The Morgan fingerprint density at radius 2 is 2.00 bits per heavy atom. The van der Waals surface area contributed by atoms with Crippen molar-refractivity contribution in [3.8, 4) is 17.0 Å². The van der Waals surface area contributed by atoms with Crippen molar-refractivity contribution in [2.45, 2.75) is 0 Å². The molecule has 0 aliphatic carbocycles. The molecule has 2 N–H and O–H groups in total. The van der Waals surface area contributed by atoms with Crippen molar-refractivity contribution in [3.63, 3.8) is 0 Å². The van der Waals surface area contributed by atoms with Crippen LogP contribution in [0.1, 0.15) is 0 Å². The molecule has 0 aliphatic heterocycles. The van der Waals surface area contributed by atoms with Crippen molar-refractivity contribution < 1.29 is 4.74 Å². The number of benzene rings is 1. The van der Waals surface area contributed by atoms with Gasteiger partial charge in [0.05, 0.1) is 17.7 Å². The molecule has 0 spiro atoms. The second-order valence-corrected chi connectivity index (χ2v) is 3.51. The van der Waals surface area contributed by atoms with Crippen LogP contribution in [0, 0.1) is 0 Å². The standard InChI is InChI=1S/C11H10ClN3O/c1-16-8-4-2-3-7(12)9(8)10-11(13)15-6-5-14-10/h2-6H,1H3,(H2,13,15). The summed E-state index contributed by atoms with van der Waals surface area (Å²) < 4.78 is 5.23. The van der Waals surface area contributed by atoms with E-state index < -0.39 is 0 Å². The summed E-state index contributed by atoms with van der Waals surface area (Å²) >= 11 is 6.11. The molecule has 0 bridgehead atoms. The van der Waals surface area contributed by atoms with Crippen molar-refractivity contribution in [1.29, 1.82) is 0 Å². The number of halogens is 1. The molecular formula is C11H10ClN3O. The van der Waals surface area contributed by atoms with Crippen LogP contribution in [-0.2, 0) is 0 Å². The monoisotopic (exact) mass is 235 g/mol. The lowest BCUT2D eigenvalue weighted by molar-refractivity contribution is 0.416. The predicted octanol–water partition coefficient (Wildman–Crippen LogP) is 2.39. The van der Waals surface area contributed by atoms with Crippen molar-refractivity contribution in [1.82, 2.24) is 9.97 Å². The van der Waals surface area contributed by atoms with Crippen LogP contribution in [0.5, 0.6) is 5.75 Å². The normalized spacial score (nSPS) is 10.1. The maximum atomic E-state index is 6.11. The van der Waals surface area contributed by atoms with Gasteiger partial charge in [-0.1, -0.05) is 17.7 Å². The number of anilines is 1. The van der Waals surface area contributed by atoms with E-state index in [2.05, 4.69) is 9.97 Å². The minimum atomic E-state index is 0.328. The van der Waals surface area contributed by atoms with Crippen molar-refractivity contribution in [2.24, 2.45) is 0 Å². The molecule has 0 aliphatic rings. The third kappa shape index (κ3) is 1.79. The van der Waals surface area contributed by atoms with E-state index in [1.54, 1.807) is 31.5 Å². The number of nitrogens with zero attached hydrogens (tertiary/aromatic N) is 2. The third-order valence-corrected chi connectivity index (χ3v) is 2.47. The molecular weight excluding hydrogens is 226 g/mol. The van der Waals surface area contributed by atoms with Crippen LogP contribution >= 0.6 is 11.6 Å². The van der Waals surface area contributed by atoms with Crippen molar-refractivity contribution in [2.75, 3.05) is 12.8 Å². The number of aromatic nitrogens is 2. The fourth-order valence-electron chi connectivity index (χ4n) is 1.45. The number of nitrogen functional groups attached to an aromatic ring is 1. The zero-order valence-electron chi connectivity index (χ0n) is 8.64. The first kappa shape index (κ1) is 10.7. The van der Waals surface area contributed by atoms with Crippen LogP contribution in [0.15, 0.2) is 30.6 Å². The SMILES string of the molecule is COc1cccc(Cl)c1-c1nccnc1N. The van der Waals surface area contributed by atoms with Gasteiger partial charge >= 0.3 is 0 Å². The number of rotatable bonds is 2. The van der Waals surface area contributed by atoms with Gasteiger partial charge in [0.1, 0.15) is 17.3 Å². The summed E-state index contributed by atoms with van der Waals surface area (Å²) in [6.45, 7) is 0. The highest BCUT2D eigenvalue weighted by atomic mass is 35.5. The Bertz CT molecular complexity index is 516. The smallest absolute Gasteiger partial charge is 0.150 e. The largest absolute Gasteiger partial charge is 0.496 e. The molecule has 0 saturated carbocycles. The number of ether oxygens (including phenoxy) is 1. The molecule has 0 radical (unpaired) electrons. The molecule has 5 heteroatoms. The molecule has 0 unspecified atom stereocenters. The second-order valence-electron chi connectivity index (χ2n) is 3.11. The van der Waals surface area contributed by atoms with Crippen LogP contribution in [0.25, 0.3) is 11.3 Å². The maximum absolute atomic E-state index is 6.11.